The van der Waals surface area contributed by atoms with E-state index in [0.29, 0.717) is 17.1 Å². The number of amides is 1. The van der Waals surface area contributed by atoms with Gasteiger partial charge < -0.3 is 0 Å². The van der Waals surface area contributed by atoms with Crippen LogP contribution in [0.2, 0.25) is 0 Å². The van der Waals surface area contributed by atoms with E-state index in [1.807, 2.05) is 6.92 Å². The molecular weight excluding hydrogens is 357 g/mol. The Morgan fingerprint density at radius 2 is 1.85 bits per heavy atom. The molecule has 0 atom stereocenters. The van der Waals surface area contributed by atoms with E-state index in [9.17, 15) is 19.3 Å². The first kappa shape index (κ1) is 17.7. The summed E-state index contributed by atoms with van der Waals surface area (Å²) in [7, 11) is 0. The topological polar surface area (TPSA) is 85.1 Å². The predicted molar refractivity (Wildman–Crippen MR) is 97.1 cm³/mol. The Morgan fingerprint density at radius 1 is 1.19 bits per heavy atom. The van der Waals surface area contributed by atoms with Crippen molar-refractivity contribution in [1.82, 2.24) is 4.98 Å². The van der Waals surface area contributed by atoms with Crippen LogP contribution in [0.15, 0.2) is 48.5 Å². The number of rotatable bonds is 5. The molecule has 1 amide bonds. The van der Waals surface area contributed by atoms with Crippen LogP contribution in [0.5, 0.6) is 0 Å². The monoisotopic (exact) mass is 371 g/mol. The largest absolute Gasteiger partial charge is 0.298 e. The minimum absolute atomic E-state index is 0.0435. The van der Waals surface area contributed by atoms with Gasteiger partial charge in [0.05, 0.1) is 10.6 Å². The standard InChI is InChI=1S/C18H14FN3O3S/c1-11-16(10-12-2-8-15(9-3-12)22(24)25)26-18(20-11)21-17(23)13-4-6-14(19)7-5-13/h2-9H,10H2,1H3,(H,20,21,23). The van der Waals surface area contributed by atoms with Crippen LogP contribution in [-0.4, -0.2) is 15.8 Å². The highest BCUT2D eigenvalue weighted by Gasteiger charge is 2.13. The van der Waals surface area contributed by atoms with Gasteiger partial charge in [0.15, 0.2) is 5.13 Å². The van der Waals surface area contributed by atoms with Crippen LogP contribution in [0, 0.1) is 22.9 Å². The molecule has 0 fully saturated rings. The number of hydrogen-bond acceptors (Lipinski definition) is 5. The van der Waals surface area contributed by atoms with Crippen molar-refractivity contribution in [3.63, 3.8) is 0 Å². The number of anilines is 1. The average molecular weight is 371 g/mol. The van der Waals surface area contributed by atoms with Crippen molar-refractivity contribution >= 4 is 28.1 Å². The molecule has 0 aliphatic heterocycles. The van der Waals surface area contributed by atoms with Gasteiger partial charge in [-0.2, -0.15) is 0 Å². The number of nitro groups is 1. The zero-order valence-electron chi connectivity index (χ0n) is 13.7. The minimum Gasteiger partial charge on any atom is -0.298 e. The van der Waals surface area contributed by atoms with Crippen molar-refractivity contribution in [3.05, 3.63) is 86.2 Å². The number of halogens is 1. The Bertz CT molecular complexity index is 953. The van der Waals surface area contributed by atoms with Crippen molar-refractivity contribution in [1.29, 1.82) is 0 Å². The molecule has 8 heteroatoms. The molecule has 3 rings (SSSR count). The summed E-state index contributed by atoms with van der Waals surface area (Å²) in [6, 6.07) is 11.6. The maximum Gasteiger partial charge on any atom is 0.269 e. The van der Waals surface area contributed by atoms with E-state index in [4.69, 9.17) is 0 Å². The lowest BCUT2D eigenvalue weighted by molar-refractivity contribution is -0.384. The van der Waals surface area contributed by atoms with Crippen molar-refractivity contribution < 1.29 is 14.1 Å². The van der Waals surface area contributed by atoms with Crippen LogP contribution >= 0.6 is 11.3 Å². The van der Waals surface area contributed by atoms with Gasteiger partial charge in [0.25, 0.3) is 11.6 Å². The highest BCUT2D eigenvalue weighted by molar-refractivity contribution is 7.15. The molecule has 2 aromatic carbocycles. The summed E-state index contributed by atoms with van der Waals surface area (Å²) in [5.74, 6) is -0.766. The third-order valence-electron chi connectivity index (χ3n) is 3.73. The molecule has 26 heavy (non-hydrogen) atoms. The SMILES string of the molecule is Cc1nc(NC(=O)c2ccc(F)cc2)sc1Cc1ccc([N+](=O)[O-])cc1. The van der Waals surface area contributed by atoms with Crippen molar-refractivity contribution in [2.45, 2.75) is 13.3 Å². The van der Waals surface area contributed by atoms with Crippen LogP contribution in [0.3, 0.4) is 0 Å². The summed E-state index contributed by atoms with van der Waals surface area (Å²) >= 11 is 1.34. The van der Waals surface area contributed by atoms with E-state index in [1.165, 1.54) is 47.7 Å². The molecule has 0 saturated heterocycles. The van der Waals surface area contributed by atoms with Gasteiger partial charge >= 0.3 is 0 Å². The van der Waals surface area contributed by atoms with Gasteiger partial charge in [-0.15, -0.1) is 11.3 Å². The van der Waals surface area contributed by atoms with Gasteiger partial charge in [-0.05, 0) is 36.8 Å². The van der Waals surface area contributed by atoms with E-state index in [0.717, 1.165) is 16.1 Å². The van der Waals surface area contributed by atoms with Gasteiger partial charge in [0, 0.05) is 29.0 Å². The van der Waals surface area contributed by atoms with Gasteiger partial charge in [0.2, 0.25) is 0 Å². The van der Waals surface area contributed by atoms with E-state index >= 15 is 0 Å². The zero-order chi connectivity index (χ0) is 18.7. The van der Waals surface area contributed by atoms with Crippen LogP contribution in [0.4, 0.5) is 15.2 Å². The Kier molecular flexibility index (Phi) is 5.04. The van der Waals surface area contributed by atoms with Crippen LogP contribution < -0.4 is 5.32 Å². The first-order valence-electron chi connectivity index (χ1n) is 7.69. The number of nitro benzene ring substituents is 1. The Balaban J connectivity index is 1.71. The van der Waals surface area contributed by atoms with Gasteiger partial charge in [0.1, 0.15) is 5.82 Å². The molecule has 1 aromatic heterocycles. The number of thiazole rings is 1. The van der Waals surface area contributed by atoms with Crippen molar-refractivity contribution in [2.24, 2.45) is 0 Å². The lowest BCUT2D eigenvalue weighted by atomic mass is 10.1. The number of non-ortho nitro benzene ring substituents is 1. The second-order valence-electron chi connectivity index (χ2n) is 5.59. The number of nitrogens with zero attached hydrogens (tertiary/aromatic N) is 2. The quantitative estimate of drug-likeness (QED) is 0.534. The van der Waals surface area contributed by atoms with E-state index < -0.39 is 10.7 Å². The molecule has 6 nitrogen and oxygen atoms in total. The molecule has 0 saturated carbocycles. The first-order chi connectivity index (χ1) is 12.4. The number of carbonyl (C=O) groups excluding carboxylic acids is 1. The highest BCUT2D eigenvalue weighted by atomic mass is 32.1. The highest BCUT2D eigenvalue weighted by Crippen LogP contribution is 2.26. The van der Waals surface area contributed by atoms with Crippen LogP contribution in [-0.2, 0) is 6.42 Å². The number of aromatic nitrogens is 1. The van der Waals surface area contributed by atoms with Crippen LogP contribution in [0.25, 0.3) is 0 Å². The number of nitrogens with one attached hydrogen (secondary N) is 1. The van der Waals surface area contributed by atoms with E-state index in [-0.39, 0.29) is 11.6 Å². The minimum atomic E-state index is -0.440. The van der Waals surface area contributed by atoms with Gasteiger partial charge in [-0.25, -0.2) is 9.37 Å². The second-order valence-corrected chi connectivity index (χ2v) is 6.67. The molecular formula is C18H14FN3O3S. The molecule has 0 spiro atoms. The molecule has 0 bridgehead atoms. The molecule has 1 heterocycles. The molecule has 3 aromatic rings. The third-order valence-corrected chi connectivity index (χ3v) is 4.80. The number of hydrogen-bond donors (Lipinski definition) is 1. The summed E-state index contributed by atoms with van der Waals surface area (Å²) in [4.78, 5) is 27.7. The fourth-order valence-electron chi connectivity index (χ4n) is 2.34. The van der Waals surface area contributed by atoms with Crippen LogP contribution in [0.1, 0.15) is 26.5 Å². The number of benzene rings is 2. The lowest BCUT2D eigenvalue weighted by Crippen LogP contribution is -2.11. The normalized spacial score (nSPS) is 10.5. The molecule has 0 aliphatic rings. The summed E-state index contributed by atoms with van der Waals surface area (Å²) < 4.78 is 12.9. The smallest absolute Gasteiger partial charge is 0.269 e. The maximum atomic E-state index is 12.9. The summed E-state index contributed by atoms with van der Waals surface area (Å²) in [6.07, 6.45) is 0.563. The van der Waals surface area contributed by atoms with Crippen molar-refractivity contribution in [3.8, 4) is 0 Å². The zero-order valence-corrected chi connectivity index (χ0v) is 14.5. The Hall–Kier alpha value is -3.13. The van der Waals surface area contributed by atoms with Crippen molar-refractivity contribution in [2.75, 3.05) is 5.32 Å². The van der Waals surface area contributed by atoms with E-state index in [1.54, 1.807) is 12.1 Å². The van der Waals surface area contributed by atoms with Gasteiger partial charge in [-0.3, -0.25) is 20.2 Å². The maximum absolute atomic E-state index is 12.9. The number of aryl methyl sites for hydroxylation is 1. The predicted octanol–water partition coefficient (Wildman–Crippen LogP) is 4.34. The number of carbonyl (C=O) groups is 1. The Labute approximate surface area is 152 Å². The van der Waals surface area contributed by atoms with E-state index in [2.05, 4.69) is 10.3 Å². The fraction of sp³-hybridized carbons (Fsp3) is 0.111. The summed E-state index contributed by atoms with van der Waals surface area (Å²) in [5, 5.41) is 13.9. The summed E-state index contributed by atoms with van der Waals surface area (Å²) in [6.45, 7) is 1.84. The lowest BCUT2D eigenvalue weighted by Gasteiger charge is -2.01. The fourth-order valence-corrected chi connectivity index (χ4v) is 3.33. The first-order valence-corrected chi connectivity index (χ1v) is 8.50. The third kappa shape index (κ3) is 4.09. The molecule has 132 valence electrons. The second kappa shape index (κ2) is 7.40. The molecule has 1 N–H and O–H groups in total. The molecule has 0 radical (unpaired) electrons. The summed E-state index contributed by atoms with van der Waals surface area (Å²) in [5.41, 5.74) is 2.08. The average Bonchev–Trinajstić information content (AvgIpc) is 2.95. The van der Waals surface area contributed by atoms with Gasteiger partial charge in [-0.1, -0.05) is 12.1 Å². The molecule has 0 aliphatic carbocycles. The molecule has 0 unspecified atom stereocenters. The Morgan fingerprint density at radius 3 is 2.46 bits per heavy atom.